The van der Waals surface area contributed by atoms with Crippen LogP contribution in [0.25, 0.3) is 11.3 Å². The molecule has 0 spiro atoms. The van der Waals surface area contributed by atoms with Gasteiger partial charge in [0.2, 0.25) is 0 Å². The van der Waals surface area contributed by atoms with Crippen molar-refractivity contribution in [3.8, 4) is 17.0 Å². The van der Waals surface area contributed by atoms with Crippen LogP contribution in [0.4, 0.5) is 11.5 Å². The van der Waals surface area contributed by atoms with E-state index in [2.05, 4.69) is 20.4 Å². The second kappa shape index (κ2) is 9.79. The molecule has 0 bridgehead atoms. The minimum absolute atomic E-state index is 0.284. The largest absolute Gasteiger partial charge is 0.496 e. The van der Waals surface area contributed by atoms with E-state index >= 15 is 0 Å². The van der Waals surface area contributed by atoms with Crippen molar-refractivity contribution in [3.63, 3.8) is 0 Å². The molecule has 0 aliphatic carbocycles. The minimum atomic E-state index is -0.284. The van der Waals surface area contributed by atoms with Crippen LogP contribution in [0.3, 0.4) is 0 Å². The smallest absolute Gasteiger partial charge is 0.259 e. The summed E-state index contributed by atoms with van der Waals surface area (Å²) in [6, 6.07) is 16.5. The van der Waals surface area contributed by atoms with Crippen LogP contribution in [0.2, 0.25) is 5.02 Å². The van der Waals surface area contributed by atoms with Gasteiger partial charge in [0.05, 0.1) is 18.4 Å². The fourth-order valence-corrected chi connectivity index (χ4v) is 3.90. The summed E-state index contributed by atoms with van der Waals surface area (Å²) in [5.74, 6) is 1.12. The summed E-state index contributed by atoms with van der Waals surface area (Å²) in [4.78, 5) is 14.9. The molecule has 0 unspecified atom stereocenters. The van der Waals surface area contributed by atoms with Gasteiger partial charge in [0.25, 0.3) is 5.91 Å². The summed E-state index contributed by atoms with van der Waals surface area (Å²) in [6.07, 6.45) is 4.99. The molecule has 1 saturated heterocycles. The van der Waals surface area contributed by atoms with Crippen LogP contribution in [-0.2, 0) is 0 Å². The van der Waals surface area contributed by atoms with E-state index in [0.29, 0.717) is 22.0 Å². The Kier molecular flexibility index (Phi) is 6.67. The molecule has 2 heterocycles. The summed E-state index contributed by atoms with van der Waals surface area (Å²) >= 11 is 6.03. The maximum atomic E-state index is 12.6. The fraction of sp³-hybridized carbons (Fsp3) is 0.292. The van der Waals surface area contributed by atoms with Gasteiger partial charge >= 0.3 is 0 Å². The quantitative estimate of drug-likeness (QED) is 0.576. The number of nitrogens with zero attached hydrogens (tertiary/aromatic N) is 3. The molecule has 1 N–H and O–H groups in total. The molecular formula is C24H25ClN4O2. The van der Waals surface area contributed by atoms with E-state index in [1.807, 2.05) is 36.4 Å². The first kappa shape index (κ1) is 21.1. The van der Waals surface area contributed by atoms with Gasteiger partial charge in [0, 0.05) is 29.4 Å². The molecule has 0 radical (unpaired) electrons. The third-order valence-electron chi connectivity index (χ3n) is 5.43. The third kappa shape index (κ3) is 5.14. The van der Waals surface area contributed by atoms with Crippen molar-refractivity contribution in [1.82, 2.24) is 10.2 Å². The Labute approximate surface area is 187 Å². The summed E-state index contributed by atoms with van der Waals surface area (Å²) < 4.78 is 5.26. The second-order valence-electron chi connectivity index (χ2n) is 7.55. The summed E-state index contributed by atoms with van der Waals surface area (Å²) in [7, 11) is 1.52. The molecule has 1 aliphatic rings. The second-order valence-corrected chi connectivity index (χ2v) is 7.99. The van der Waals surface area contributed by atoms with E-state index in [9.17, 15) is 4.79 Å². The van der Waals surface area contributed by atoms with Crippen molar-refractivity contribution in [2.45, 2.75) is 25.7 Å². The van der Waals surface area contributed by atoms with Crippen molar-refractivity contribution >= 4 is 29.0 Å². The highest BCUT2D eigenvalue weighted by Crippen LogP contribution is 2.25. The fourth-order valence-electron chi connectivity index (χ4n) is 3.73. The number of nitrogens with one attached hydrogen (secondary N) is 1. The van der Waals surface area contributed by atoms with Crippen molar-refractivity contribution in [2.24, 2.45) is 0 Å². The standard InChI is InChI=1S/C24H25ClN4O2/c1-31-22-12-8-18(25)16-20(22)24(30)26-19-9-6-17(7-10-19)21-11-13-23(28-27-21)29-14-4-2-3-5-15-29/h6-13,16H,2-5,14-15H2,1H3,(H,26,30). The van der Waals surface area contributed by atoms with Gasteiger partial charge in [-0.3, -0.25) is 4.79 Å². The first-order valence-corrected chi connectivity index (χ1v) is 10.9. The molecule has 160 valence electrons. The topological polar surface area (TPSA) is 67.3 Å². The average molecular weight is 437 g/mol. The summed E-state index contributed by atoms with van der Waals surface area (Å²) in [5.41, 5.74) is 2.79. The molecule has 0 saturated carbocycles. The number of benzene rings is 2. The first-order chi connectivity index (χ1) is 15.1. The molecule has 1 aromatic heterocycles. The first-order valence-electron chi connectivity index (χ1n) is 10.5. The number of ether oxygens (including phenoxy) is 1. The van der Waals surface area contributed by atoms with Crippen LogP contribution in [0, 0.1) is 0 Å². The average Bonchev–Trinajstić information content (AvgIpc) is 3.09. The Bertz CT molecular complexity index is 1030. The lowest BCUT2D eigenvalue weighted by Crippen LogP contribution is -2.25. The van der Waals surface area contributed by atoms with Gasteiger partial charge in [-0.2, -0.15) is 0 Å². The van der Waals surface area contributed by atoms with Gasteiger partial charge in [-0.25, -0.2) is 0 Å². The molecular weight excluding hydrogens is 412 g/mol. The van der Waals surface area contributed by atoms with E-state index in [0.717, 1.165) is 30.2 Å². The van der Waals surface area contributed by atoms with E-state index in [4.69, 9.17) is 16.3 Å². The lowest BCUT2D eigenvalue weighted by molar-refractivity contribution is 0.102. The zero-order valence-corrected chi connectivity index (χ0v) is 18.2. The monoisotopic (exact) mass is 436 g/mol. The van der Waals surface area contributed by atoms with E-state index < -0.39 is 0 Å². The lowest BCUT2D eigenvalue weighted by atomic mass is 10.1. The van der Waals surface area contributed by atoms with Gasteiger partial charge in [-0.1, -0.05) is 36.6 Å². The number of amides is 1. The number of carbonyl (C=O) groups excluding carboxylic acids is 1. The summed E-state index contributed by atoms with van der Waals surface area (Å²) in [5, 5.41) is 12.2. The van der Waals surface area contributed by atoms with Crippen molar-refractivity contribution in [1.29, 1.82) is 0 Å². The number of carbonyl (C=O) groups is 1. The van der Waals surface area contributed by atoms with Crippen molar-refractivity contribution < 1.29 is 9.53 Å². The zero-order chi connectivity index (χ0) is 21.6. The molecule has 7 heteroatoms. The Hall–Kier alpha value is -3.12. The number of anilines is 2. The SMILES string of the molecule is COc1ccc(Cl)cc1C(=O)Nc1ccc(-c2ccc(N3CCCCCC3)nn2)cc1. The Morgan fingerprint density at radius 3 is 2.35 bits per heavy atom. The highest BCUT2D eigenvalue weighted by molar-refractivity contribution is 6.31. The molecule has 1 aliphatic heterocycles. The van der Waals surface area contributed by atoms with Crippen molar-refractivity contribution in [3.05, 3.63) is 65.2 Å². The third-order valence-corrected chi connectivity index (χ3v) is 5.66. The van der Waals surface area contributed by atoms with E-state index in [1.54, 1.807) is 18.2 Å². The normalized spacial score (nSPS) is 14.1. The molecule has 4 rings (SSSR count). The van der Waals surface area contributed by atoms with Crippen molar-refractivity contribution in [2.75, 3.05) is 30.4 Å². The zero-order valence-electron chi connectivity index (χ0n) is 17.5. The number of halogens is 1. The Balaban J connectivity index is 1.44. The van der Waals surface area contributed by atoms with Crippen LogP contribution in [-0.4, -0.2) is 36.3 Å². The van der Waals surface area contributed by atoms with Crippen LogP contribution in [0.1, 0.15) is 36.0 Å². The number of methoxy groups -OCH3 is 1. The predicted molar refractivity (Wildman–Crippen MR) is 124 cm³/mol. The minimum Gasteiger partial charge on any atom is -0.496 e. The van der Waals surface area contributed by atoms with Gasteiger partial charge in [-0.15, -0.1) is 10.2 Å². The van der Waals surface area contributed by atoms with E-state index in [-0.39, 0.29) is 5.91 Å². The Morgan fingerprint density at radius 2 is 1.71 bits per heavy atom. The van der Waals surface area contributed by atoms with Gasteiger partial charge in [0.15, 0.2) is 5.82 Å². The molecule has 0 atom stereocenters. The van der Waals surface area contributed by atoms with Crippen LogP contribution in [0.5, 0.6) is 5.75 Å². The molecule has 6 nitrogen and oxygen atoms in total. The molecule has 3 aromatic rings. The molecule has 1 fully saturated rings. The lowest BCUT2D eigenvalue weighted by Gasteiger charge is -2.20. The highest BCUT2D eigenvalue weighted by Gasteiger charge is 2.14. The van der Waals surface area contributed by atoms with Gasteiger partial charge in [-0.05, 0) is 55.3 Å². The van der Waals surface area contributed by atoms with Gasteiger partial charge < -0.3 is 15.0 Å². The number of rotatable bonds is 5. The number of aromatic nitrogens is 2. The van der Waals surface area contributed by atoms with Crippen LogP contribution in [0.15, 0.2) is 54.6 Å². The number of hydrogen-bond acceptors (Lipinski definition) is 5. The molecule has 1 amide bonds. The number of hydrogen-bond donors (Lipinski definition) is 1. The highest BCUT2D eigenvalue weighted by atomic mass is 35.5. The van der Waals surface area contributed by atoms with Crippen LogP contribution >= 0.6 is 11.6 Å². The Morgan fingerprint density at radius 1 is 0.968 bits per heavy atom. The molecule has 2 aromatic carbocycles. The predicted octanol–water partition coefficient (Wildman–Crippen LogP) is 5.44. The maximum absolute atomic E-state index is 12.6. The molecule has 31 heavy (non-hydrogen) atoms. The maximum Gasteiger partial charge on any atom is 0.259 e. The van der Waals surface area contributed by atoms with E-state index in [1.165, 1.54) is 32.8 Å². The summed E-state index contributed by atoms with van der Waals surface area (Å²) in [6.45, 7) is 2.08. The van der Waals surface area contributed by atoms with Gasteiger partial charge in [0.1, 0.15) is 5.75 Å². The van der Waals surface area contributed by atoms with Crippen LogP contribution < -0.4 is 15.0 Å².